The average molecular weight is 404 g/mol. The van der Waals surface area contributed by atoms with Crippen LogP contribution >= 0.6 is 0 Å². The summed E-state index contributed by atoms with van der Waals surface area (Å²) < 4.78 is 13.1. The minimum Gasteiger partial charge on any atom is -0.469 e. The van der Waals surface area contributed by atoms with Gasteiger partial charge in [-0.1, -0.05) is 18.2 Å². The molecule has 30 heavy (non-hydrogen) atoms. The number of aryl methyl sites for hydroxylation is 1. The van der Waals surface area contributed by atoms with E-state index in [1.165, 1.54) is 7.11 Å². The molecule has 1 aliphatic carbocycles. The lowest BCUT2D eigenvalue weighted by Crippen LogP contribution is -2.23. The normalized spacial score (nSPS) is 19.4. The lowest BCUT2D eigenvalue weighted by atomic mass is 9.81. The van der Waals surface area contributed by atoms with E-state index in [1.54, 1.807) is 6.20 Å². The first-order valence-electron chi connectivity index (χ1n) is 10.3. The Morgan fingerprint density at radius 2 is 2.07 bits per heavy atom. The van der Waals surface area contributed by atoms with Crippen LogP contribution < -0.4 is 5.73 Å². The summed E-state index contributed by atoms with van der Waals surface area (Å²) in [5.41, 5.74) is 9.68. The number of benzene rings is 1. The number of hydrogen-bond acceptors (Lipinski definition) is 6. The van der Waals surface area contributed by atoms with E-state index < -0.39 is 0 Å². The number of nitrogens with two attached hydrogens (primary N) is 1. The van der Waals surface area contributed by atoms with Gasteiger partial charge in [-0.15, -0.1) is 0 Å². The molecule has 0 aliphatic heterocycles. The van der Waals surface area contributed by atoms with E-state index in [0.717, 1.165) is 53.6 Å². The topological polar surface area (TPSA) is 95.6 Å². The van der Waals surface area contributed by atoms with Gasteiger partial charge in [-0.25, -0.2) is 9.97 Å². The SMILES string of the molecule is COC(=O)C1CCC(c2nc(-c3cc4cccc(C)c4o3)c3c(N)nccn23)CC1. The number of methoxy groups -OCH3 is 1. The molecule has 3 heterocycles. The van der Waals surface area contributed by atoms with Crippen LogP contribution in [0.25, 0.3) is 27.9 Å². The predicted octanol–water partition coefficient (Wildman–Crippen LogP) is 4.48. The summed E-state index contributed by atoms with van der Waals surface area (Å²) >= 11 is 0. The second-order valence-corrected chi connectivity index (χ2v) is 8.03. The van der Waals surface area contributed by atoms with Crippen LogP contribution in [-0.4, -0.2) is 27.4 Å². The molecule has 7 nitrogen and oxygen atoms in total. The molecule has 5 rings (SSSR count). The minimum atomic E-state index is -0.117. The lowest BCUT2D eigenvalue weighted by molar-refractivity contribution is -0.146. The van der Waals surface area contributed by atoms with Gasteiger partial charge in [0.15, 0.2) is 5.76 Å². The molecule has 4 aromatic rings. The number of carbonyl (C=O) groups excluding carboxylic acids is 1. The molecule has 3 aromatic heterocycles. The summed E-state index contributed by atoms with van der Waals surface area (Å²) in [6, 6.07) is 8.09. The van der Waals surface area contributed by atoms with E-state index in [4.69, 9.17) is 19.9 Å². The maximum atomic E-state index is 11.9. The number of ether oxygens (including phenoxy) is 1. The number of furan rings is 1. The summed E-state index contributed by atoms with van der Waals surface area (Å²) in [7, 11) is 1.45. The van der Waals surface area contributed by atoms with Crippen molar-refractivity contribution in [3.63, 3.8) is 0 Å². The van der Waals surface area contributed by atoms with Gasteiger partial charge in [0.05, 0.1) is 13.0 Å². The molecule has 0 amide bonds. The number of aromatic nitrogens is 3. The highest BCUT2D eigenvalue weighted by Crippen LogP contribution is 2.40. The first-order valence-corrected chi connectivity index (χ1v) is 10.3. The predicted molar refractivity (Wildman–Crippen MR) is 114 cm³/mol. The van der Waals surface area contributed by atoms with Gasteiger partial charge in [0.2, 0.25) is 0 Å². The third-order valence-electron chi connectivity index (χ3n) is 6.21. The van der Waals surface area contributed by atoms with Gasteiger partial charge in [0.25, 0.3) is 0 Å². The van der Waals surface area contributed by atoms with Crippen molar-refractivity contribution >= 4 is 28.3 Å². The van der Waals surface area contributed by atoms with Gasteiger partial charge in [-0.3, -0.25) is 9.20 Å². The van der Waals surface area contributed by atoms with Crippen LogP contribution in [0.5, 0.6) is 0 Å². The number of carbonyl (C=O) groups is 1. The molecule has 1 aromatic carbocycles. The molecule has 7 heteroatoms. The third-order valence-corrected chi connectivity index (χ3v) is 6.21. The van der Waals surface area contributed by atoms with Crippen molar-refractivity contribution in [1.29, 1.82) is 0 Å². The molecule has 0 radical (unpaired) electrons. The van der Waals surface area contributed by atoms with E-state index in [2.05, 4.69) is 4.98 Å². The zero-order valence-electron chi connectivity index (χ0n) is 17.1. The van der Waals surface area contributed by atoms with Crippen LogP contribution in [0.1, 0.15) is 43.0 Å². The molecule has 0 spiro atoms. The zero-order valence-corrected chi connectivity index (χ0v) is 17.1. The Kier molecular flexibility index (Phi) is 4.46. The molecule has 1 fully saturated rings. The Morgan fingerprint density at radius 1 is 1.27 bits per heavy atom. The highest BCUT2D eigenvalue weighted by molar-refractivity contribution is 5.90. The summed E-state index contributed by atoms with van der Waals surface area (Å²) in [4.78, 5) is 21.2. The minimum absolute atomic E-state index is 0.0259. The van der Waals surface area contributed by atoms with Crippen LogP contribution in [0.4, 0.5) is 5.82 Å². The van der Waals surface area contributed by atoms with Crippen molar-refractivity contribution in [2.24, 2.45) is 5.92 Å². The highest BCUT2D eigenvalue weighted by Gasteiger charge is 2.31. The van der Waals surface area contributed by atoms with E-state index in [0.29, 0.717) is 17.3 Å². The number of nitrogen functional groups attached to an aromatic ring is 1. The Bertz CT molecular complexity index is 1250. The number of esters is 1. The van der Waals surface area contributed by atoms with Crippen molar-refractivity contribution in [2.45, 2.75) is 38.5 Å². The number of nitrogens with zero attached hydrogens (tertiary/aromatic N) is 3. The van der Waals surface area contributed by atoms with Crippen molar-refractivity contribution in [1.82, 2.24) is 14.4 Å². The number of fused-ring (bicyclic) bond motifs is 2. The van der Waals surface area contributed by atoms with E-state index in [-0.39, 0.29) is 17.8 Å². The first-order chi connectivity index (χ1) is 14.6. The van der Waals surface area contributed by atoms with Crippen molar-refractivity contribution < 1.29 is 13.9 Å². The maximum absolute atomic E-state index is 11.9. The molecular formula is C23H24N4O3. The second-order valence-electron chi connectivity index (χ2n) is 8.03. The summed E-state index contributed by atoms with van der Waals surface area (Å²) in [5, 5.41) is 1.04. The average Bonchev–Trinajstić information content (AvgIpc) is 3.37. The molecule has 0 unspecified atom stereocenters. The number of rotatable bonds is 3. The van der Waals surface area contributed by atoms with Crippen LogP contribution in [-0.2, 0) is 9.53 Å². The fourth-order valence-electron chi connectivity index (χ4n) is 4.63. The molecular weight excluding hydrogens is 380 g/mol. The van der Waals surface area contributed by atoms with Crippen molar-refractivity contribution in [3.05, 3.63) is 48.0 Å². The summed E-state index contributed by atoms with van der Waals surface area (Å²) in [5.74, 6) is 2.14. The number of imidazole rings is 1. The van der Waals surface area contributed by atoms with Gasteiger partial charge in [-0.2, -0.15) is 0 Å². The van der Waals surface area contributed by atoms with Crippen LogP contribution in [0.3, 0.4) is 0 Å². The molecule has 0 atom stereocenters. The summed E-state index contributed by atoms with van der Waals surface area (Å²) in [6.45, 7) is 2.03. The smallest absolute Gasteiger partial charge is 0.308 e. The van der Waals surface area contributed by atoms with Crippen molar-refractivity contribution in [3.8, 4) is 11.5 Å². The lowest BCUT2D eigenvalue weighted by Gasteiger charge is -2.26. The molecule has 154 valence electrons. The van der Waals surface area contributed by atoms with Crippen LogP contribution in [0, 0.1) is 12.8 Å². The molecule has 0 saturated heterocycles. The number of para-hydroxylation sites is 1. The van der Waals surface area contributed by atoms with Gasteiger partial charge >= 0.3 is 5.97 Å². The monoisotopic (exact) mass is 404 g/mol. The van der Waals surface area contributed by atoms with Gasteiger partial charge in [0, 0.05) is 23.7 Å². The molecule has 2 N–H and O–H groups in total. The number of hydrogen-bond donors (Lipinski definition) is 1. The Balaban J connectivity index is 1.59. The Morgan fingerprint density at radius 3 is 2.80 bits per heavy atom. The van der Waals surface area contributed by atoms with E-state index in [1.807, 2.05) is 41.8 Å². The van der Waals surface area contributed by atoms with Crippen molar-refractivity contribution in [2.75, 3.05) is 12.8 Å². The van der Waals surface area contributed by atoms with Gasteiger partial charge in [0.1, 0.15) is 28.4 Å². The Hall–Kier alpha value is -3.35. The molecule has 0 bridgehead atoms. The van der Waals surface area contributed by atoms with Crippen LogP contribution in [0.15, 0.2) is 41.1 Å². The quantitative estimate of drug-likeness (QED) is 0.506. The maximum Gasteiger partial charge on any atom is 0.308 e. The number of anilines is 1. The van der Waals surface area contributed by atoms with Crippen LogP contribution in [0.2, 0.25) is 0 Å². The first kappa shape index (κ1) is 18.7. The fraction of sp³-hybridized carbons (Fsp3) is 0.348. The molecule has 1 saturated carbocycles. The zero-order chi connectivity index (χ0) is 20.8. The Labute approximate surface area is 173 Å². The second kappa shape index (κ2) is 7.16. The molecule has 1 aliphatic rings. The van der Waals surface area contributed by atoms with Gasteiger partial charge < -0.3 is 14.9 Å². The summed E-state index contributed by atoms with van der Waals surface area (Å²) in [6.07, 6.45) is 6.94. The largest absolute Gasteiger partial charge is 0.469 e. The standard InChI is InChI=1S/C23H24N4O3/c1-13-4-3-5-16-12-17(30-20(13)16)18-19-21(24)25-10-11-27(19)22(26-18)14-6-8-15(9-7-14)23(28)29-2/h3-5,10-12,14-15H,6-9H2,1-2H3,(H2,24,25). The third kappa shape index (κ3) is 2.93. The van der Waals surface area contributed by atoms with E-state index >= 15 is 0 Å². The van der Waals surface area contributed by atoms with Gasteiger partial charge in [-0.05, 0) is 44.2 Å². The fourth-order valence-corrected chi connectivity index (χ4v) is 4.63. The highest BCUT2D eigenvalue weighted by atomic mass is 16.5. The van der Waals surface area contributed by atoms with E-state index in [9.17, 15) is 4.79 Å².